The number of allylic oxidation sites excluding steroid dienone is 1. The molecule has 2 aromatic rings. The zero-order valence-electron chi connectivity index (χ0n) is 14.7. The molecule has 3 heterocycles. The number of hydrogen-bond acceptors (Lipinski definition) is 5. The van der Waals surface area contributed by atoms with Crippen LogP contribution in [0.3, 0.4) is 0 Å². The molecule has 0 spiro atoms. The zero-order chi connectivity index (χ0) is 17.7. The molecule has 0 fully saturated rings. The number of fused-ring (bicyclic) bond motifs is 7. The Morgan fingerprint density at radius 2 is 1.77 bits per heavy atom. The summed E-state index contributed by atoms with van der Waals surface area (Å²) in [6.07, 6.45) is 4.12. The summed E-state index contributed by atoms with van der Waals surface area (Å²) in [5, 5.41) is 0. The van der Waals surface area contributed by atoms with Gasteiger partial charge < -0.3 is 23.8 Å². The minimum absolute atomic E-state index is 0.572. The summed E-state index contributed by atoms with van der Waals surface area (Å²) in [6, 6.07) is 10.3. The second kappa shape index (κ2) is 5.73. The van der Waals surface area contributed by atoms with E-state index in [0.717, 1.165) is 57.6 Å². The van der Waals surface area contributed by atoms with E-state index in [4.69, 9.17) is 18.9 Å². The second-order valence-electron chi connectivity index (χ2n) is 6.33. The quantitative estimate of drug-likeness (QED) is 0.824. The van der Waals surface area contributed by atoms with Crippen LogP contribution in [0.4, 0.5) is 5.69 Å². The molecule has 0 saturated heterocycles. The third-order valence-electron chi connectivity index (χ3n) is 5.00. The van der Waals surface area contributed by atoms with Crippen LogP contribution in [-0.2, 0) is 4.74 Å². The number of anilines is 1. The van der Waals surface area contributed by atoms with Crippen LogP contribution < -0.4 is 19.1 Å². The first-order valence-corrected chi connectivity index (χ1v) is 8.65. The monoisotopic (exact) mass is 349 g/mol. The molecule has 5 rings (SSSR count). The van der Waals surface area contributed by atoms with Gasteiger partial charge in [0, 0.05) is 18.2 Å². The molecule has 3 aliphatic rings. The van der Waals surface area contributed by atoms with Crippen LogP contribution in [0, 0.1) is 0 Å². The number of nitrogens with zero attached hydrogens (tertiary/aromatic N) is 1. The van der Waals surface area contributed by atoms with Crippen LogP contribution in [0.15, 0.2) is 48.2 Å². The Balaban J connectivity index is 1.85. The Morgan fingerprint density at radius 1 is 0.962 bits per heavy atom. The predicted molar refractivity (Wildman–Crippen MR) is 99.8 cm³/mol. The van der Waals surface area contributed by atoms with E-state index in [1.54, 1.807) is 14.2 Å². The van der Waals surface area contributed by atoms with E-state index in [-0.39, 0.29) is 0 Å². The topological polar surface area (TPSA) is 40.2 Å². The lowest BCUT2D eigenvalue weighted by atomic mass is 9.88. The van der Waals surface area contributed by atoms with Crippen LogP contribution in [0.5, 0.6) is 17.2 Å². The van der Waals surface area contributed by atoms with E-state index in [1.807, 2.05) is 18.2 Å². The number of ether oxygens (including phenoxy) is 4. The molecule has 0 aromatic heterocycles. The van der Waals surface area contributed by atoms with Crippen molar-refractivity contribution in [2.24, 2.45) is 0 Å². The van der Waals surface area contributed by atoms with Crippen LogP contribution >= 0.6 is 0 Å². The van der Waals surface area contributed by atoms with Gasteiger partial charge in [0.2, 0.25) is 0 Å². The van der Waals surface area contributed by atoms with Crippen LogP contribution in [0.2, 0.25) is 0 Å². The Labute approximate surface area is 152 Å². The van der Waals surface area contributed by atoms with E-state index in [9.17, 15) is 0 Å². The van der Waals surface area contributed by atoms with Gasteiger partial charge >= 0.3 is 0 Å². The lowest BCUT2D eigenvalue weighted by Gasteiger charge is -2.38. The van der Waals surface area contributed by atoms with E-state index in [1.165, 1.54) is 0 Å². The van der Waals surface area contributed by atoms with E-state index in [2.05, 4.69) is 29.2 Å². The summed E-state index contributed by atoms with van der Waals surface area (Å²) in [4.78, 5) is 2.25. The van der Waals surface area contributed by atoms with Crippen LogP contribution in [-0.4, -0.2) is 34.0 Å². The van der Waals surface area contributed by atoms with Gasteiger partial charge in [-0.2, -0.15) is 0 Å². The lowest BCUT2D eigenvalue weighted by Crippen LogP contribution is -2.30. The fourth-order valence-electron chi connectivity index (χ4n) is 3.90. The van der Waals surface area contributed by atoms with E-state index < -0.39 is 0 Å². The van der Waals surface area contributed by atoms with Crippen molar-refractivity contribution >= 4 is 11.4 Å². The summed E-state index contributed by atoms with van der Waals surface area (Å²) in [7, 11) is 3.40. The fraction of sp³-hybridized carbons (Fsp3) is 0.238. The van der Waals surface area contributed by atoms with Crippen molar-refractivity contribution in [2.45, 2.75) is 0 Å². The average molecular weight is 349 g/mol. The number of hydrogen-bond donors (Lipinski definition) is 0. The first-order valence-electron chi connectivity index (χ1n) is 8.65. The molecule has 26 heavy (non-hydrogen) atoms. The summed E-state index contributed by atoms with van der Waals surface area (Å²) in [5.41, 5.74) is 5.36. The number of benzene rings is 2. The highest BCUT2D eigenvalue weighted by atomic mass is 16.6. The third-order valence-corrected chi connectivity index (χ3v) is 5.00. The largest absolute Gasteiger partial charge is 0.496 e. The molecule has 0 saturated carbocycles. The highest BCUT2D eigenvalue weighted by molar-refractivity contribution is 6.03. The van der Waals surface area contributed by atoms with Gasteiger partial charge in [-0.25, -0.2) is 0 Å². The minimum Gasteiger partial charge on any atom is -0.496 e. The molecule has 3 aliphatic heterocycles. The summed E-state index contributed by atoms with van der Waals surface area (Å²) < 4.78 is 23.0. The van der Waals surface area contributed by atoms with E-state index >= 15 is 0 Å². The Bertz CT molecular complexity index is 961. The van der Waals surface area contributed by atoms with Crippen molar-refractivity contribution in [2.75, 3.05) is 38.9 Å². The standard InChI is InChI=1S/C21H19NO4/c1-23-16-6-3-5-13-14-11-18-19(26-10-9-25-18)12-15(14)22-8-4-7-17(24-2)21(22)20(13)16/h3-7,11-12H,8-10H2,1-2H3. The molecular formula is C21H19NO4. The molecule has 5 nitrogen and oxygen atoms in total. The normalized spacial score (nSPS) is 16.6. The average Bonchev–Trinajstić information content (AvgIpc) is 2.71. The van der Waals surface area contributed by atoms with Crippen LogP contribution in [0.25, 0.3) is 16.8 Å². The molecule has 0 aliphatic carbocycles. The molecule has 0 atom stereocenters. The highest BCUT2D eigenvalue weighted by Crippen LogP contribution is 2.52. The maximum absolute atomic E-state index is 5.81. The molecule has 0 unspecified atom stereocenters. The summed E-state index contributed by atoms with van der Waals surface area (Å²) >= 11 is 0. The van der Waals surface area contributed by atoms with Gasteiger partial charge in [0.15, 0.2) is 11.5 Å². The fourth-order valence-corrected chi connectivity index (χ4v) is 3.90. The van der Waals surface area contributed by atoms with Crippen molar-refractivity contribution in [1.82, 2.24) is 0 Å². The zero-order valence-corrected chi connectivity index (χ0v) is 14.7. The van der Waals surface area contributed by atoms with E-state index in [0.29, 0.717) is 13.2 Å². The van der Waals surface area contributed by atoms with Gasteiger partial charge in [-0.15, -0.1) is 0 Å². The maximum Gasteiger partial charge on any atom is 0.163 e. The maximum atomic E-state index is 5.81. The highest BCUT2D eigenvalue weighted by Gasteiger charge is 2.34. The summed E-state index contributed by atoms with van der Waals surface area (Å²) in [6.45, 7) is 1.90. The Hall–Kier alpha value is -3.08. The van der Waals surface area contributed by atoms with Crippen molar-refractivity contribution in [1.29, 1.82) is 0 Å². The first kappa shape index (κ1) is 15.2. The second-order valence-corrected chi connectivity index (χ2v) is 6.33. The van der Waals surface area contributed by atoms with Crippen molar-refractivity contribution in [3.63, 3.8) is 0 Å². The number of methoxy groups -OCH3 is 2. The molecule has 0 bridgehead atoms. The van der Waals surface area contributed by atoms with Gasteiger partial charge in [-0.1, -0.05) is 18.2 Å². The molecule has 132 valence electrons. The van der Waals surface area contributed by atoms with Crippen molar-refractivity contribution < 1.29 is 18.9 Å². The first-order chi connectivity index (χ1) is 12.8. The molecule has 2 aromatic carbocycles. The van der Waals surface area contributed by atoms with Gasteiger partial charge in [-0.3, -0.25) is 0 Å². The van der Waals surface area contributed by atoms with Gasteiger partial charge in [0.05, 0.1) is 31.2 Å². The summed E-state index contributed by atoms with van der Waals surface area (Å²) in [5.74, 6) is 3.22. The predicted octanol–water partition coefficient (Wildman–Crippen LogP) is 3.84. The molecule has 0 N–H and O–H groups in total. The molecule has 0 radical (unpaired) electrons. The van der Waals surface area contributed by atoms with Gasteiger partial charge in [0.25, 0.3) is 0 Å². The lowest BCUT2D eigenvalue weighted by molar-refractivity contribution is 0.172. The molecule has 5 heteroatoms. The van der Waals surface area contributed by atoms with Gasteiger partial charge in [-0.05, 0) is 23.8 Å². The smallest absolute Gasteiger partial charge is 0.163 e. The Morgan fingerprint density at radius 3 is 2.54 bits per heavy atom. The number of rotatable bonds is 2. The van der Waals surface area contributed by atoms with Gasteiger partial charge in [0.1, 0.15) is 24.7 Å². The third kappa shape index (κ3) is 2.03. The van der Waals surface area contributed by atoms with Crippen molar-refractivity contribution in [3.05, 3.63) is 53.8 Å². The SMILES string of the molecule is COC1=C2c3c(OC)cccc3-c3cc4c(cc3N2CC=C1)OCCO4. The molecular weight excluding hydrogens is 330 g/mol. The minimum atomic E-state index is 0.572. The van der Waals surface area contributed by atoms with Crippen LogP contribution in [0.1, 0.15) is 5.56 Å². The Kier molecular flexibility index (Phi) is 3.35. The molecule has 0 amide bonds. The van der Waals surface area contributed by atoms with Crippen molar-refractivity contribution in [3.8, 4) is 28.4 Å².